The standard InChI is InChI=1S/C8H14O2/c1-3-5-7-10-8(9)6-4-2/h3,5H,4,6-7H2,1-2H3/b5-3+. The van der Waals surface area contributed by atoms with Crippen molar-refractivity contribution in [3.8, 4) is 0 Å². The van der Waals surface area contributed by atoms with Crippen molar-refractivity contribution < 1.29 is 9.53 Å². The van der Waals surface area contributed by atoms with Gasteiger partial charge in [-0.25, -0.2) is 0 Å². The molecule has 0 rings (SSSR count). The second-order valence-corrected chi connectivity index (χ2v) is 2.00. The molecular weight excluding hydrogens is 128 g/mol. The lowest BCUT2D eigenvalue weighted by atomic mass is 10.3. The Labute approximate surface area is 61.9 Å². The Morgan fingerprint density at radius 2 is 2.30 bits per heavy atom. The fourth-order valence-electron chi connectivity index (χ4n) is 0.514. The van der Waals surface area contributed by atoms with Crippen LogP contribution < -0.4 is 0 Å². The fourth-order valence-corrected chi connectivity index (χ4v) is 0.514. The van der Waals surface area contributed by atoms with E-state index in [-0.39, 0.29) is 5.97 Å². The predicted octanol–water partition coefficient (Wildman–Crippen LogP) is 1.91. The average molecular weight is 142 g/mol. The molecule has 2 nitrogen and oxygen atoms in total. The summed E-state index contributed by atoms with van der Waals surface area (Å²) in [4.78, 5) is 10.7. The van der Waals surface area contributed by atoms with Crippen LogP contribution in [-0.2, 0) is 9.53 Å². The Morgan fingerprint density at radius 3 is 2.80 bits per heavy atom. The van der Waals surface area contributed by atoms with Crippen LogP contribution in [0.15, 0.2) is 12.2 Å². The molecule has 0 heterocycles. The largest absolute Gasteiger partial charge is 0.461 e. The van der Waals surface area contributed by atoms with Crippen molar-refractivity contribution >= 4 is 5.97 Å². The molecule has 0 saturated heterocycles. The maximum atomic E-state index is 10.7. The third-order valence-corrected chi connectivity index (χ3v) is 1.03. The second-order valence-electron chi connectivity index (χ2n) is 2.00. The second kappa shape index (κ2) is 6.33. The normalized spacial score (nSPS) is 10.2. The molecule has 0 aromatic carbocycles. The molecule has 0 amide bonds. The highest BCUT2D eigenvalue weighted by Gasteiger charge is 1.96. The van der Waals surface area contributed by atoms with E-state index in [0.29, 0.717) is 13.0 Å². The van der Waals surface area contributed by atoms with Crippen LogP contribution in [0.2, 0.25) is 0 Å². The summed E-state index contributed by atoms with van der Waals surface area (Å²) in [5.74, 6) is -0.111. The minimum atomic E-state index is -0.111. The van der Waals surface area contributed by atoms with E-state index in [1.165, 1.54) is 0 Å². The molecule has 0 N–H and O–H groups in total. The summed E-state index contributed by atoms with van der Waals surface area (Å²) in [6.45, 7) is 4.26. The van der Waals surface area contributed by atoms with Gasteiger partial charge in [0.15, 0.2) is 0 Å². The van der Waals surface area contributed by atoms with E-state index in [4.69, 9.17) is 4.74 Å². The van der Waals surface area contributed by atoms with Gasteiger partial charge < -0.3 is 4.74 Å². The quantitative estimate of drug-likeness (QED) is 0.442. The van der Waals surface area contributed by atoms with Gasteiger partial charge in [0.05, 0.1) is 0 Å². The van der Waals surface area contributed by atoms with Gasteiger partial charge in [0, 0.05) is 6.42 Å². The number of ether oxygens (including phenoxy) is 1. The first-order valence-corrected chi connectivity index (χ1v) is 3.58. The Kier molecular flexibility index (Phi) is 5.83. The van der Waals surface area contributed by atoms with Crippen molar-refractivity contribution in [3.05, 3.63) is 12.2 Å². The summed E-state index contributed by atoms with van der Waals surface area (Å²) in [6.07, 6.45) is 5.05. The Morgan fingerprint density at radius 1 is 1.60 bits per heavy atom. The zero-order chi connectivity index (χ0) is 7.82. The number of hydrogen-bond acceptors (Lipinski definition) is 2. The molecule has 0 spiro atoms. The average Bonchev–Trinajstić information content (AvgIpc) is 1.89. The highest BCUT2D eigenvalue weighted by Crippen LogP contribution is 1.90. The van der Waals surface area contributed by atoms with Crippen molar-refractivity contribution in [2.24, 2.45) is 0 Å². The lowest BCUT2D eigenvalue weighted by molar-refractivity contribution is -0.142. The van der Waals surface area contributed by atoms with Gasteiger partial charge in [-0.1, -0.05) is 19.1 Å². The zero-order valence-electron chi connectivity index (χ0n) is 6.59. The summed E-state index contributed by atoms with van der Waals surface area (Å²) in [5.41, 5.74) is 0. The van der Waals surface area contributed by atoms with E-state index in [1.54, 1.807) is 0 Å². The van der Waals surface area contributed by atoms with E-state index < -0.39 is 0 Å². The minimum absolute atomic E-state index is 0.111. The number of hydrogen-bond donors (Lipinski definition) is 0. The number of esters is 1. The SMILES string of the molecule is C/C=C/COC(=O)CCC. The molecule has 2 heteroatoms. The van der Waals surface area contributed by atoms with Crippen molar-refractivity contribution in [2.45, 2.75) is 26.7 Å². The molecular formula is C8H14O2. The molecule has 0 aliphatic rings. The molecule has 0 saturated carbocycles. The van der Waals surface area contributed by atoms with Crippen LogP contribution in [0.3, 0.4) is 0 Å². The van der Waals surface area contributed by atoms with E-state index in [9.17, 15) is 4.79 Å². The number of rotatable bonds is 4. The maximum absolute atomic E-state index is 10.7. The first-order valence-electron chi connectivity index (χ1n) is 3.58. The van der Waals surface area contributed by atoms with Crippen LogP contribution in [0, 0.1) is 0 Å². The molecule has 0 fully saturated rings. The van der Waals surface area contributed by atoms with Gasteiger partial charge in [-0.15, -0.1) is 0 Å². The van der Waals surface area contributed by atoms with E-state index in [0.717, 1.165) is 6.42 Å². The Bertz CT molecular complexity index is 116. The van der Waals surface area contributed by atoms with Crippen LogP contribution in [0.5, 0.6) is 0 Å². The van der Waals surface area contributed by atoms with Gasteiger partial charge in [0.1, 0.15) is 6.61 Å². The van der Waals surface area contributed by atoms with E-state index >= 15 is 0 Å². The number of allylic oxidation sites excluding steroid dienone is 1. The Hall–Kier alpha value is -0.790. The van der Waals surface area contributed by atoms with Crippen LogP contribution in [0.1, 0.15) is 26.7 Å². The number of carbonyl (C=O) groups excluding carboxylic acids is 1. The summed E-state index contributed by atoms with van der Waals surface area (Å²) >= 11 is 0. The van der Waals surface area contributed by atoms with Crippen molar-refractivity contribution in [1.29, 1.82) is 0 Å². The first kappa shape index (κ1) is 9.21. The van der Waals surface area contributed by atoms with Crippen LogP contribution in [0.25, 0.3) is 0 Å². The van der Waals surface area contributed by atoms with Gasteiger partial charge in [-0.3, -0.25) is 4.79 Å². The molecule has 0 radical (unpaired) electrons. The molecule has 0 aromatic rings. The molecule has 0 unspecified atom stereocenters. The van der Waals surface area contributed by atoms with Crippen LogP contribution in [0.4, 0.5) is 0 Å². The van der Waals surface area contributed by atoms with Crippen molar-refractivity contribution in [2.75, 3.05) is 6.61 Å². The summed E-state index contributed by atoms with van der Waals surface area (Å²) in [7, 11) is 0. The lowest BCUT2D eigenvalue weighted by Gasteiger charge is -1.97. The van der Waals surface area contributed by atoms with Gasteiger partial charge in [0.25, 0.3) is 0 Å². The first-order chi connectivity index (χ1) is 4.81. The van der Waals surface area contributed by atoms with Gasteiger partial charge in [-0.05, 0) is 13.3 Å². The van der Waals surface area contributed by atoms with Crippen molar-refractivity contribution in [1.82, 2.24) is 0 Å². The van der Waals surface area contributed by atoms with Crippen LogP contribution in [-0.4, -0.2) is 12.6 Å². The summed E-state index contributed by atoms with van der Waals surface area (Å²) in [5, 5.41) is 0. The third kappa shape index (κ3) is 5.35. The third-order valence-electron chi connectivity index (χ3n) is 1.03. The highest BCUT2D eigenvalue weighted by molar-refractivity contribution is 5.69. The van der Waals surface area contributed by atoms with E-state index in [1.807, 2.05) is 26.0 Å². The molecule has 10 heavy (non-hydrogen) atoms. The van der Waals surface area contributed by atoms with Crippen molar-refractivity contribution in [3.63, 3.8) is 0 Å². The summed E-state index contributed by atoms with van der Waals surface area (Å²) < 4.78 is 4.80. The summed E-state index contributed by atoms with van der Waals surface area (Å²) in [6, 6.07) is 0. The highest BCUT2D eigenvalue weighted by atomic mass is 16.5. The van der Waals surface area contributed by atoms with Gasteiger partial charge in [-0.2, -0.15) is 0 Å². The molecule has 0 aromatic heterocycles. The topological polar surface area (TPSA) is 26.3 Å². The number of carbonyl (C=O) groups is 1. The van der Waals surface area contributed by atoms with E-state index in [2.05, 4.69) is 0 Å². The maximum Gasteiger partial charge on any atom is 0.306 e. The molecule has 0 aliphatic carbocycles. The molecule has 58 valence electrons. The molecule has 0 bridgehead atoms. The lowest BCUT2D eigenvalue weighted by Crippen LogP contribution is -2.02. The fraction of sp³-hybridized carbons (Fsp3) is 0.625. The van der Waals surface area contributed by atoms with Gasteiger partial charge >= 0.3 is 5.97 Å². The van der Waals surface area contributed by atoms with Gasteiger partial charge in [0.2, 0.25) is 0 Å². The monoisotopic (exact) mass is 142 g/mol. The van der Waals surface area contributed by atoms with Crippen LogP contribution >= 0.6 is 0 Å². The molecule has 0 atom stereocenters. The minimum Gasteiger partial charge on any atom is -0.461 e. The predicted molar refractivity (Wildman–Crippen MR) is 40.7 cm³/mol. The zero-order valence-corrected chi connectivity index (χ0v) is 6.59. The molecule has 0 aliphatic heterocycles. The Balaban J connectivity index is 3.21. The smallest absolute Gasteiger partial charge is 0.306 e.